The number of benzene rings is 2. The number of aromatic nitrogens is 1. The van der Waals surface area contributed by atoms with Crippen molar-refractivity contribution in [2.24, 2.45) is 5.92 Å². The van der Waals surface area contributed by atoms with Crippen LogP contribution in [0.5, 0.6) is 5.75 Å². The molecule has 3 aromatic rings. The minimum Gasteiger partial charge on any atom is -0.494 e. The molecule has 1 aliphatic rings. The maximum Gasteiger partial charge on any atom is 0.326 e. The van der Waals surface area contributed by atoms with E-state index in [0.717, 1.165) is 37.0 Å². The fourth-order valence-electron chi connectivity index (χ4n) is 4.53. The topological polar surface area (TPSA) is 88.5 Å². The van der Waals surface area contributed by atoms with Gasteiger partial charge in [-0.05, 0) is 79.5 Å². The zero-order valence-corrected chi connectivity index (χ0v) is 21.3. The number of carbonyl (C=O) groups excluding carboxylic acids is 1. The molecule has 2 atom stereocenters. The first-order chi connectivity index (χ1) is 17.4. The number of hydrogen-bond acceptors (Lipinski definition) is 4. The van der Waals surface area contributed by atoms with Gasteiger partial charge < -0.3 is 15.2 Å². The highest BCUT2D eigenvalue weighted by Crippen LogP contribution is 2.27. The van der Waals surface area contributed by atoms with E-state index in [4.69, 9.17) is 27.9 Å². The lowest BCUT2D eigenvalue weighted by molar-refractivity contribution is -0.139. The summed E-state index contributed by atoms with van der Waals surface area (Å²) in [6.07, 6.45) is 7.37. The summed E-state index contributed by atoms with van der Waals surface area (Å²) in [7, 11) is 0. The Morgan fingerprint density at radius 1 is 1.08 bits per heavy atom. The average Bonchev–Trinajstić information content (AvgIpc) is 2.87. The second-order valence-electron chi connectivity index (χ2n) is 9.02. The number of nitrogens with one attached hydrogen (secondary N) is 1. The van der Waals surface area contributed by atoms with Crippen LogP contribution in [-0.2, 0) is 24.1 Å². The minimum atomic E-state index is -1.15. The van der Waals surface area contributed by atoms with Crippen molar-refractivity contribution in [1.82, 2.24) is 10.3 Å². The smallest absolute Gasteiger partial charge is 0.326 e. The third-order valence-electron chi connectivity index (χ3n) is 6.47. The SMILES string of the molecule is O=C(N[C@@H](Cc1ccc(OCCCC2CCc3cccnc3C2)cc1)C(=O)O)c1c(Cl)cccc1Cl. The lowest BCUT2D eigenvalue weighted by Gasteiger charge is -2.23. The molecule has 1 aliphatic carbocycles. The zero-order valence-electron chi connectivity index (χ0n) is 19.8. The second kappa shape index (κ2) is 12.2. The van der Waals surface area contributed by atoms with Crippen molar-refractivity contribution in [3.63, 3.8) is 0 Å². The first kappa shape index (κ1) is 26.0. The number of halogens is 2. The highest BCUT2D eigenvalue weighted by Gasteiger charge is 2.24. The van der Waals surface area contributed by atoms with Gasteiger partial charge in [-0.2, -0.15) is 0 Å². The van der Waals surface area contributed by atoms with E-state index >= 15 is 0 Å². The van der Waals surface area contributed by atoms with E-state index in [0.29, 0.717) is 12.5 Å². The molecular weight excluding hydrogens is 499 g/mol. The van der Waals surface area contributed by atoms with Gasteiger partial charge in [-0.3, -0.25) is 9.78 Å². The number of amides is 1. The van der Waals surface area contributed by atoms with Gasteiger partial charge in [-0.25, -0.2) is 4.79 Å². The van der Waals surface area contributed by atoms with Gasteiger partial charge in [0.25, 0.3) is 5.91 Å². The van der Waals surface area contributed by atoms with Crippen molar-refractivity contribution in [2.75, 3.05) is 6.61 Å². The molecule has 0 fully saturated rings. The summed E-state index contributed by atoms with van der Waals surface area (Å²) in [5, 5.41) is 12.5. The fourth-order valence-corrected chi connectivity index (χ4v) is 5.10. The Hall–Kier alpha value is -3.09. The third kappa shape index (κ3) is 6.77. The molecule has 188 valence electrons. The predicted octanol–water partition coefficient (Wildman–Crippen LogP) is 5.78. The number of pyridine rings is 1. The number of ether oxygens (including phenoxy) is 1. The summed E-state index contributed by atoms with van der Waals surface area (Å²) in [4.78, 5) is 28.9. The lowest BCUT2D eigenvalue weighted by atomic mass is 9.84. The average molecular weight is 527 g/mol. The molecule has 0 radical (unpaired) electrons. The van der Waals surface area contributed by atoms with Crippen LogP contribution in [0, 0.1) is 5.92 Å². The highest BCUT2D eigenvalue weighted by atomic mass is 35.5. The Labute approximate surface area is 220 Å². The Morgan fingerprint density at radius 3 is 2.56 bits per heavy atom. The number of carbonyl (C=O) groups is 2. The van der Waals surface area contributed by atoms with Crippen molar-refractivity contribution < 1.29 is 19.4 Å². The fraction of sp³-hybridized carbons (Fsp3) is 0.321. The molecule has 8 heteroatoms. The van der Waals surface area contributed by atoms with E-state index in [1.54, 1.807) is 6.07 Å². The summed E-state index contributed by atoms with van der Waals surface area (Å²) in [5.74, 6) is -0.405. The Kier molecular flexibility index (Phi) is 8.83. The molecule has 0 spiro atoms. The van der Waals surface area contributed by atoms with Crippen molar-refractivity contribution >= 4 is 35.1 Å². The van der Waals surface area contributed by atoms with E-state index in [9.17, 15) is 14.7 Å². The number of hydrogen-bond donors (Lipinski definition) is 2. The molecule has 2 N–H and O–H groups in total. The Bertz CT molecular complexity index is 1200. The van der Waals surface area contributed by atoms with Crippen LogP contribution in [0.4, 0.5) is 0 Å². The first-order valence-electron chi connectivity index (χ1n) is 12.0. The van der Waals surface area contributed by atoms with Gasteiger partial charge in [0.05, 0.1) is 22.2 Å². The standard InChI is InChI=1S/C28H28Cl2N2O4/c29-22-6-1-7-23(30)26(22)27(33)32-25(28(34)35)17-19-9-12-21(13-10-19)36-15-3-4-18-8-11-20-5-2-14-31-24(20)16-18/h1-2,5-7,9-10,12-14,18,25H,3-4,8,11,15-17H2,(H,32,33)(H,34,35)/t18?,25-/m0/s1. The molecule has 1 amide bonds. The maximum absolute atomic E-state index is 12.6. The number of aryl methyl sites for hydroxylation is 1. The normalized spacial score (nSPS) is 15.6. The molecule has 0 saturated heterocycles. The van der Waals surface area contributed by atoms with Gasteiger partial charge in [0, 0.05) is 18.3 Å². The van der Waals surface area contributed by atoms with E-state index in [2.05, 4.69) is 16.4 Å². The van der Waals surface area contributed by atoms with Crippen LogP contribution < -0.4 is 10.1 Å². The monoisotopic (exact) mass is 526 g/mol. The molecule has 1 unspecified atom stereocenters. The third-order valence-corrected chi connectivity index (χ3v) is 7.10. The van der Waals surface area contributed by atoms with Crippen molar-refractivity contribution in [3.05, 3.63) is 93.2 Å². The summed E-state index contributed by atoms with van der Waals surface area (Å²) >= 11 is 12.1. The van der Waals surface area contributed by atoms with Crippen LogP contribution in [-0.4, -0.2) is 34.6 Å². The van der Waals surface area contributed by atoms with Gasteiger partial charge in [0.15, 0.2) is 0 Å². The van der Waals surface area contributed by atoms with Crippen LogP contribution in [0.2, 0.25) is 10.0 Å². The quantitative estimate of drug-likeness (QED) is 0.327. The molecule has 1 aromatic heterocycles. The van der Waals surface area contributed by atoms with Crippen LogP contribution >= 0.6 is 23.2 Å². The summed E-state index contributed by atoms with van der Waals surface area (Å²) < 4.78 is 5.89. The number of carboxylic acid groups (broad SMARTS) is 1. The van der Waals surface area contributed by atoms with E-state index in [1.165, 1.54) is 29.8 Å². The molecule has 0 saturated carbocycles. The molecule has 2 aromatic carbocycles. The van der Waals surface area contributed by atoms with E-state index < -0.39 is 17.9 Å². The molecule has 1 heterocycles. The highest BCUT2D eigenvalue weighted by molar-refractivity contribution is 6.39. The minimum absolute atomic E-state index is 0.0597. The number of aliphatic carboxylic acids is 1. The molecular formula is C28H28Cl2N2O4. The predicted molar refractivity (Wildman–Crippen MR) is 140 cm³/mol. The number of carboxylic acids is 1. The summed E-state index contributed by atoms with van der Waals surface area (Å²) in [5.41, 5.74) is 3.43. The van der Waals surface area contributed by atoms with Crippen LogP contribution in [0.1, 0.15) is 46.4 Å². The second-order valence-corrected chi connectivity index (χ2v) is 9.83. The van der Waals surface area contributed by atoms with Crippen LogP contribution in [0.25, 0.3) is 0 Å². The lowest BCUT2D eigenvalue weighted by Crippen LogP contribution is -2.42. The van der Waals surface area contributed by atoms with Gasteiger partial charge in [0.1, 0.15) is 11.8 Å². The van der Waals surface area contributed by atoms with Gasteiger partial charge in [-0.1, -0.05) is 47.5 Å². The van der Waals surface area contributed by atoms with Crippen LogP contribution in [0.3, 0.4) is 0 Å². The molecule has 0 aliphatic heterocycles. The van der Waals surface area contributed by atoms with Crippen molar-refractivity contribution in [2.45, 2.75) is 44.6 Å². The van der Waals surface area contributed by atoms with Gasteiger partial charge in [-0.15, -0.1) is 0 Å². The van der Waals surface area contributed by atoms with E-state index in [1.807, 2.05) is 36.5 Å². The molecule has 36 heavy (non-hydrogen) atoms. The Morgan fingerprint density at radius 2 is 1.83 bits per heavy atom. The number of nitrogens with zero attached hydrogens (tertiary/aromatic N) is 1. The van der Waals surface area contributed by atoms with Gasteiger partial charge >= 0.3 is 5.97 Å². The summed E-state index contributed by atoms with van der Waals surface area (Å²) in [6.45, 7) is 0.622. The van der Waals surface area contributed by atoms with Crippen molar-refractivity contribution in [3.8, 4) is 5.75 Å². The van der Waals surface area contributed by atoms with Gasteiger partial charge in [0.2, 0.25) is 0 Å². The molecule has 0 bridgehead atoms. The Balaban J connectivity index is 1.24. The summed E-state index contributed by atoms with van der Waals surface area (Å²) in [6, 6.07) is 15.0. The van der Waals surface area contributed by atoms with Crippen LogP contribution in [0.15, 0.2) is 60.8 Å². The number of fused-ring (bicyclic) bond motifs is 1. The maximum atomic E-state index is 12.6. The molecule has 4 rings (SSSR count). The first-order valence-corrected chi connectivity index (χ1v) is 12.8. The number of rotatable bonds is 10. The molecule has 6 nitrogen and oxygen atoms in total. The van der Waals surface area contributed by atoms with Crippen molar-refractivity contribution in [1.29, 1.82) is 0 Å². The van der Waals surface area contributed by atoms with E-state index in [-0.39, 0.29) is 22.0 Å². The largest absolute Gasteiger partial charge is 0.494 e. The zero-order chi connectivity index (χ0) is 25.5.